The number of aromatic nitrogens is 3. The van der Waals surface area contributed by atoms with Crippen LogP contribution in [-0.4, -0.2) is 31.9 Å². The van der Waals surface area contributed by atoms with Gasteiger partial charge in [0.2, 0.25) is 5.88 Å². The highest BCUT2D eigenvalue weighted by molar-refractivity contribution is 5.79. The van der Waals surface area contributed by atoms with Crippen molar-refractivity contribution in [3.8, 4) is 28.3 Å². The van der Waals surface area contributed by atoms with Crippen LogP contribution in [0.3, 0.4) is 0 Å². The molecule has 33 heavy (non-hydrogen) atoms. The van der Waals surface area contributed by atoms with Crippen LogP contribution in [0.4, 0.5) is 5.69 Å². The summed E-state index contributed by atoms with van der Waals surface area (Å²) in [4.78, 5) is 23.5. The average molecular weight is 448 g/mol. The second kappa shape index (κ2) is 8.51. The number of hydrogen-bond acceptors (Lipinski definition) is 7. The average Bonchev–Trinajstić information content (AvgIpc) is 2.73. The van der Waals surface area contributed by atoms with E-state index >= 15 is 0 Å². The van der Waals surface area contributed by atoms with E-state index in [1.165, 1.54) is 10.6 Å². The molecule has 1 aliphatic heterocycles. The first kappa shape index (κ1) is 22.8. The van der Waals surface area contributed by atoms with Crippen LogP contribution in [0.25, 0.3) is 22.4 Å². The highest BCUT2D eigenvalue weighted by Gasteiger charge is 2.38. The van der Waals surface area contributed by atoms with E-state index in [1.54, 1.807) is 37.5 Å². The fourth-order valence-electron chi connectivity index (χ4n) is 4.74. The number of aryl methyl sites for hydroxylation is 1. The third kappa shape index (κ3) is 5.17. The van der Waals surface area contributed by atoms with E-state index in [-0.39, 0.29) is 28.4 Å². The van der Waals surface area contributed by atoms with Crippen molar-refractivity contribution in [3.05, 3.63) is 63.9 Å². The molecule has 172 valence electrons. The molecule has 3 heterocycles. The van der Waals surface area contributed by atoms with Crippen LogP contribution < -0.4 is 15.6 Å². The van der Waals surface area contributed by atoms with Gasteiger partial charge in [0.15, 0.2) is 0 Å². The maximum absolute atomic E-state index is 11.9. The number of ether oxygens (including phenoxy) is 1. The molecule has 2 aromatic heterocycles. The Morgan fingerprint density at radius 1 is 1.00 bits per heavy atom. The fraction of sp³-hybridized carbons (Fsp3) is 0.400. The Morgan fingerprint density at radius 2 is 1.70 bits per heavy atom. The summed E-state index contributed by atoms with van der Waals surface area (Å²) in [6.07, 6.45) is 3.45. The summed E-state index contributed by atoms with van der Waals surface area (Å²) >= 11 is 0. The molecule has 0 spiro atoms. The summed E-state index contributed by atoms with van der Waals surface area (Å²) in [5.41, 5.74) is 2.59. The molecule has 0 saturated carbocycles. The van der Waals surface area contributed by atoms with Gasteiger partial charge in [-0.3, -0.25) is 4.79 Å². The van der Waals surface area contributed by atoms with Gasteiger partial charge in [-0.25, -0.2) is 0 Å². The minimum Gasteiger partial charge on any atom is -0.473 e. The normalized spacial score (nSPS) is 17.5. The Hall–Kier alpha value is -3.39. The van der Waals surface area contributed by atoms with Gasteiger partial charge in [-0.05, 0) is 68.3 Å². The number of nitrogens with zero attached hydrogens (tertiary/aromatic N) is 4. The number of hydrogen-bond donors (Lipinski definition) is 1. The molecular weight excluding hydrogens is 418 g/mol. The quantitative estimate of drug-likeness (QED) is 0.574. The second-order valence-corrected chi connectivity index (χ2v) is 9.99. The van der Waals surface area contributed by atoms with Crippen molar-refractivity contribution in [2.75, 3.05) is 0 Å². The lowest BCUT2D eigenvalue weighted by molar-refractivity contribution is 0.0524. The molecule has 0 aliphatic carbocycles. The molecule has 0 amide bonds. The summed E-state index contributed by atoms with van der Waals surface area (Å²) in [6, 6.07) is 12.2. The lowest BCUT2D eigenvalue weighted by Crippen LogP contribution is -2.60. The van der Waals surface area contributed by atoms with Crippen LogP contribution in [0.2, 0.25) is 0 Å². The van der Waals surface area contributed by atoms with Gasteiger partial charge in [0.1, 0.15) is 11.8 Å². The van der Waals surface area contributed by atoms with Crippen LogP contribution in [0, 0.1) is 4.91 Å². The predicted octanol–water partition coefficient (Wildman–Crippen LogP) is 4.60. The molecule has 3 aromatic rings. The van der Waals surface area contributed by atoms with E-state index in [4.69, 9.17) is 4.74 Å². The first-order valence-corrected chi connectivity index (χ1v) is 11.0. The third-order valence-corrected chi connectivity index (χ3v) is 5.89. The minimum absolute atomic E-state index is 0.0291. The van der Waals surface area contributed by atoms with Gasteiger partial charge in [-0.15, -0.1) is 15.1 Å². The third-order valence-electron chi connectivity index (χ3n) is 5.89. The molecule has 1 N–H and O–H groups in total. The van der Waals surface area contributed by atoms with Crippen LogP contribution >= 0.6 is 0 Å². The van der Waals surface area contributed by atoms with E-state index in [1.807, 2.05) is 12.1 Å². The number of benzene rings is 1. The van der Waals surface area contributed by atoms with Crippen LogP contribution in [0.15, 0.2) is 58.6 Å². The lowest BCUT2D eigenvalue weighted by Gasteiger charge is -2.46. The Labute approximate surface area is 193 Å². The van der Waals surface area contributed by atoms with Gasteiger partial charge in [-0.1, -0.05) is 6.07 Å². The number of nitrogens with one attached hydrogen (secondary N) is 1. The number of piperidine rings is 1. The molecule has 8 nitrogen and oxygen atoms in total. The van der Waals surface area contributed by atoms with Gasteiger partial charge in [0.25, 0.3) is 5.56 Å². The van der Waals surface area contributed by atoms with Crippen LogP contribution in [-0.2, 0) is 7.05 Å². The Morgan fingerprint density at radius 3 is 2.30 bits per heavy atom. The number of pyridine rings is 1. The van der Waals surface area contributed by atoms with Gasteiger partial charge in [-0.2, -0.15) is 0 Å². The van der Waals surface area contributed by atoms with E-state index in [9.17, 15) is 9.70 Å². The van der Waals surface area contributed by atoms with Crippen molar-refractivity contribution in [1.82, 2.24) is 20.1 Å². The SMILES string of the molecule is Cn1ccc(-c2ccc(-c3ccc(OC4CC(C)(C)NC(C)(C)C4)nn3)c(N=O)c2)cc1=O. The summed E-state index contributed by atoms with van der Waals surface area (Å²) in [6.45, 7) is 8.68. The van der Waals surface area contributed by atoms with Gasteiger partial charge in [0.05, 0.1) is 5.69 Å². The summed E-state index contributed by atoms with van der Waals surface area (Å²) < 4.78 is 7.63. The topological polar surface area (TPSA) is 98.5 Å². The number of nitroso groups, excluding NO2 is 1. The first-order valence-electron chi connectivity index (χ1n) is 11.0. The molecular formula is C25H29N5O3. The summed E-state index contributed by atoms with van der Waals surface area (Å²) in [5.74, 6) is 0.453. The second-order valence-electron chi connectivity index (χ2n) is 9.99. The smallest absolute Gasteiger partial charge is 0.250 e. The molecule has 1 aromatic carbocycles. The standard InChI is InChI=1S/C25H29N5O3/c1-24(2)14-18(15-25(3,4)29-24)33-22-9-8-20(26-27-22)19-7-6-16(12-21(19)28-32)17-10-11-30(5)23(31)13-17/h6-13,18,29H,14-15H2,1-5H3. The fourth-order valence-corrected chi connectivity index (χ4v) is 4.74. The minimum atomic E-state index is -0.126. The Bertz CT molecular complexity index is 1220. The van der Waals surface area contributed by atoms with E-state index in [0.717, 1.165) is 24.0 Å². The largest absolute Gasteiger partial charge is 0.473 e. The van der Waals surface area contributed by atoms with Crippen molar-refractivity contribution in [1.29, 1.82) is 0 Å². The molecule has 0 bridgehead atoms. The molecule has 0 radical (unpaired) electrons. The van der Waals surface area contributed by atoms with Gasteiger partial charge >= 0.3 is 0 Å². The zero-order chi connectivity index (χ0) is 23.8. The Balaban J connectivity index is 1.55. The zero-order valence-corrected chi connectivity index (χ0v) is 19.6. The monoisotopic (exact) mass is 447 g/mol. The Kier molecular flexibility index (Phi) is 5.88. The van der Waals surface area contributed by atoms with Crippen molar-refractivity contribution >= 4 is 5.69 Å². The first-order chi connectivity index (χ1) is 15.5. The highest BCUT2D eigenvalue weighted by Crippen LogP contribution is 2.34. The molecule has 1 fully saturated rings. The molecule has 0 unspecified atom stereocenters. The van der Waals surface area contributed by atoms with Crippen LogP contribution in [0.1, 0.15) is 40.5 Å². The van der Waals surface area contributed by atoms with Gasteiger partial charge < -0.3 is 14.6 Å². The highest BCUT2D eigenvalue weighted by atomic mass is 16.5. The van der Waals surface area contributed by atoms with Crippen molar-refractivity contribution in [2.45, 2.75) is 57.7 Å². The molecule has 1 saturated heterocycles. The lowest BCUT2D eigenvalue weighted by atomic mass is 9.81. The summed E-state index contributed by atoms with van der Waals surface area (Å²) in [7, 11) is 1.69. The molecule has 0 atom stereocenters. The van der Waals surface area contributed by atoms with Crippen molar-refractivity contribution < 1.29 is 4.74 Å². The predicted molar refractivity (Wildman–Crippen MR) is 129 cm³/mol. The summed E-state index contributed by atoms with van der Waals surface area (Å²) in [5, 5.41) is 15.3. The van der Waals surface area contributed by atoms with E-state index in [0.29, 0.717) is 17.1 Å². The zero-order valence-electron chi connectivity index (χ0n) is 19.6. The maximum atomic E-state index is 11.9. The van der Waals surface area contributed by atoms with Crippen molar-refractivity contribution in [3.63, 3.8) is 0 Å². The van der Waals surface area contributed by atoms with Crippen LogP contribution in [0.5, 0.6) is 5.88 Å². The van der Waals surface area contributed by atoms with Crippen molar-refractivity contribution in [2.24, 2.45) is 12.2 Å². The number of rotatable bonds is 5. The maximum Gasteiger partial charge on any atom is 0.250 e. The van der Waals surface area contributed by atoms with E-state index < -0.39 is 0 Å². The molecule has 4 rings (SSSR count). The van der Waals surface area contributed by atoms with E-state index in [2.05, 4.69) is 48.4 Å². The van der Waals surface area contributed by atoms with Gasteiger partial charge in [0, 0.05) is 54.9 Å². The molecule has 1 aliphatic rings. The molecule has 8 heteroatoms.